The summed E-state index contributed by atoms with van der Waals surface area (Å²) in [5.41, 5.74) is 2.13. The standard InChI is InChI=1S/C13H15N3/c1-16(2)13-10-12(8-9-14-13)15-11-6-4-3-5-7-11/h3-10H,1-2H3,(H,14,15). The van der Waals surface area contributed by atoms with Crippen molar-refractivity contribution in [1.29, 1.82) is 0 Å². The maximum Gasteiger partial charge on any atom is 0.130 e. The predicted octanol–water partition coefficient (Wildman–Crippen LogP) is 2.89. The van der Waals surface area contributed by atoms with Gasteiger partial charge in [-0.15, -0.1) is 0 Å². The van der Waals surface area contributed by atoms with Crippen molar-refractivity contribution in [3.8, 4) is 0 Å². The van der Waals surface area contributed by atoms with Gasteiger partial charge in [-0.1, -0.05) is 18.2 Å². The number of rotatable bonds is 3. The van der Waals surface area contributed by atoms with Crippen molar-refractivity contribution in [3.05, 3.63) is 48.7 Å². The lowest BCUT2D eigenvalue weighted by Gasteiger charge is -2.13. The first-order valence-electron chi connectivity index (χ1n) is 5.21. The molecule has 0 aliphatic carbocycles. The Bertz CT molecular complexity index is 452. The number of benzene rings is 1. The number of aromatic nitrogens is 1. The van der Waals surface area contributed by atoms with Gasteiger partial charge >= 0.3 is 0 Å². The Labute approximate surface area is 95.7 Å². The zero-order chi connectivity index (χ0) is 11.4. The van der Waals surface area contributed by atoms with E-state index in [2.05, 4.69) is 10.3 Å². The molecule has 1 aromatic carbocycles. The van der Waals surface area contributed by atoms with Gasteiger partial charge in [-0.2, -0.15) is 0 Å². The fourth-order valence-corrected chi connectivity index (χ4v) is 1.43. The second kappa shape index (κ2) is 4.66. The number of pyridine rings is 1. The molecule has 3 heteroatoms. The molecule has 1 heterocycles. The summed E-state index contributed by atoms with van der Waals surface area (Å²) in [7, 11) is 3.96. The Morgan fingerprint density at radius 2 is 1.75 bits per heavy atom. The molecular formula is C13H15N3. The monoisotopic (exact) mass is 213 g/mol. The summed E-state index contributed by atoms with van der Waals surface area (Å²) >= 11 is 0. The van der Waals surface area contributed by atoms with E-state index in [-0.39, 0.29) is 0 Å². The molecule has 2 rings (SSSR count). The average Bonchev–Trinajstić information content (AvgIpc) is 2.30. The topological polar surface area (TPSA) is 28.2 Å². The third kappa shape index (κ3) is 2.51. The maximum atomic E-state index is 4.27. The van der Waals surface area contributed by atoms with Gasteiger partial charge in [-0.3, -0.25) is 0 Å². The highest BCUT2D eigenvalue weighted by Crippen LogP contribution is 2.18. The summed E-state index contributed by atoms with van der Waals surface area (Å²) in [4.78, 5) is 6.25. The van der Waals surface area contributed by atoms with E-state index in [9.17, 15) is 0 Å². The smallest absolute Gasteiger partial charge is 0.130 e. The molecule has 0 radical (unpaired) electrons. The fourth-order valence-electron chi connectivity index (χ4n) is 1.43. The zero-order valence-corrected chi connectivity index (χ0v) is 9.51. The first kappa shape index (κ1) is 10.5. The highest BCUT2D eigenvalue weighted by atomic mass is 15.1. The molecule has 0 bridgehead atoms. The van der Waals surface area contributed by atoms with E-state index < -0.39 is 0 Å². The van der Waals surface area contributed by atoms with Gasteiger partial charge in [0.1, 0.15) is 5.82 Å². The lowest BCUT2D eigenvalue weighted by atomic mass is 10.3. The third-order valence-corrected chi connectivity index (χ3v) is 2.27. The van der Waals surface area contributed by atoms with Gasteiger partial charge in [-0.25, -0.2) is 4.98 Å². The quantitative estimate of drug-likeness (QED) is 0.849. The van der Waals surface area contributed by atoms with Crippen LogP contribution in [0.3, 0.4) is 0 Å². The molecule has 0 fully saturated rings. The second-order valence-electron chi connectivity index (χ2n) is 3.79. The van der Waals surface area contributed by atoms with Gasteiger partial charge < -0.3 is 10.2 Å². The van der Waals surface area contributed by atoms with Crippen molar-refractivity contribution in [2.75, 3.05) is 24.3 Å². The number of para-hydroxylation sites is 1. The summed E-state index contributed by atoms with van der Waals surface area (Å²) in [6.07, 6.45) is 1.81. The van der Waals surface area contributed by atoms with Gasteiger partial charge in [0.2, 0.25) is 0 Å². The van der Waals surface area contributed by atoms with E-state index in [0.29, 0.717) is 0 Å². The Kier molecular flexibility index (Phi) is 3.05. The van der Waals surface area contributed by atoms with E-state index in [4.69, 9.17) is 0 Å². The van der Waals surface area contributed by atoms with Crippen LogP contribution in [0.4, 0.5) is 17.2 Å². The van der Waals surface area contributed by atoms with Gasteiger partial charge in [0.15, 0.2) is 0 Å². The number of anilines is 3. The van der Waals surface area contributed by atoms with Crippen molar-refractivity contribution < 1.29 is 0 Å². The summed E-state index contributed by atoms with van der Waals surface area (Å²) < 4.78 is 0. The van der Waals surface area contributed by atoms with Crippen LogP contribution in [0, 0.1) is 0 Å². The van der Waals surface area contributed by atoms with Crippen LogP contribution in [-0.2, 0) is 0 Å². The number of nitrogens with one attached hydrogen (secondary N) is 1. The molecule has 3 nitrogen and oxygen atoms in total. The van der Waals surface area contributed by atoms with Crippen molar-refractivity contribution >= 4 is 17.2 Å². The lowest BCUT2D eigenvalue weighted by Crippen LogP contribution is -2.10. The van der Waals surface area contributed by atoms with Crippen LogP contribution in [0.15, 0.2) is 48.7 Å². The molecule has 0 spiro atoms. The van der Waals surface area contributed by atoms with Crippen molar-refractivity contribution in [2.24, 2.45) is 0 Å². The number of hydrogen-bond acceptors (Lipinski definition) is 3. The normalized spacial score (nSPS) is 9.88. The number of hydrogen-bond donors (Lipinski definition) is 1. The van der Waals surface area contributed by atoms with Crippen LogP contribution < -0.4 is 10.2 Å². The van der Waals surface area contributed by atoms with E-state index >= 15 is 0 Å². The summed E-state index contributed by atoms with van der Waals surface area (Å²) in [6, 6.07) is 14.1. The molecule has 0 saturated heterocycles. The highest BCUT2D eigenvalue weighted by Gasteiger charge is 1.98. The minimum Gasteiger partial charge on any atom is -0.363 e. The molecule has 0 amide bonds. The van der Waals surface area contributed by atoms with Gasteiger partial charge in [0.05, 0.1) is 0 Å². The minimum absolute atomic E-state index is 0.945. The van der Waals surface area contributed by atoms with Gasteiger partial charge in [-0.05, 0) is 18.2 Å². The van der Waals surface area contributed by atoms with Gasteiger partial charge in [0, 0.05) is 37.7 Å². The van der Waals surface area contributed by atoms with Crippen LogP contribution in [0.2, 0.25) is 0 Å². The van der Waals surface area contributed by atoms with Crippen molar-refractivity contribution in [3.63, 3.8) is 0 Å². The fraction of sp³-hybridized carbons (Fsp3) is 0.154. The Hall–Kier alpha value is -2.03. The van der Waals surface area contributed by atoms with E-state index in [1.54, 1.807) is 6.20 Å². The molecule has 0 saturated carbocycles. The Balaban J connectivity index is 2.19. The molecule has 0 unspecified atom stereocenters. The molecular weight excluding hydrogens is 198 g/mol. The average molecular weight is 213 g/mol. The van der Waals surface area contributed by atoms with Crippen LogP contribution in [0.1, 0.15) is 0 Å². The van der Waals surface area contributed by atoms with Crippen LogP contribution in [0.25, 0.3) is 0 Å². The molecule has 0 aliphatic heterocycles. The Morgan fingerprint density at radius 1 is 1.00 bits per heavy atom. The molecule has 1 aromatic heterocycles. The summed E-state index contributed by atoms with van der Waals surface area (Å²) in [5.74, 6) is 0.945. The maximum absolute atomic E-state index is 4.27. The minimum atomic E-state index is 0.945. The molecule has 1 N–H and O–H groups in total. The summed E-state index contributed by atoms with van der Waals surface area (Å²) in [6.45, 7) is 0. The molecule has 16 heavy (non-hydrogen) atoms. The predicted molar refractivity (Wildman–Crippen MR) is 68.3 cm³/mol. The second-order valence-corrected chi connectivity index (χ2v) is 3.79. The molecule has 0 atom stereocenters. The molecule has 2 aromatic rings. The molecule has 0 aliphatic rings. The van der Waals surface area contributed by atoms with E-state index in [0.717, 1.165) is 17.2 Å². The molecule has 82 valence electrons. The lowest BCUT2D eigenvalue weighted by molar-refractivity contribution is 1.07. The van der Waals surface area contributed by atoms with Crippen molar-refractivity contribution in [2.45, 2.75) is 0 Å². The van der Waals surface area contributed by atoms with E-state index in [1.165, 1.54) is 0 Å². The van der Waals surface area contributed by atoms with Crippen LogP contribution in [0.5, 0.6) is 0 Å². The third-order valence-electron chi connectivity index (χ3n) is 2.27. The highest BCUT2D eigenvalue weighted by molar-refractivity contribution is 5.62. The van der Waals surface area contributed by atoms with E-state index in [1.807, 2.05) is 61.5 Å². The van der Waals surface area contributed by atoms with Crippen LogP contribution in [-0.4, -0.2) is 19.1 Å². The van der Waals surface area contributed by atoms with Gasteiger partial charge in [0.25, 0.3) is 0 Å². The first-order chi connectivity index (χ1) is 7.75. The Morgan fingerprint density at radius 3 is 2.44 bits per heavy atom. The first-order valence-corrected chi connectivity index (χ1v) is 5.21. The van der Waals surface area contributed by atoms with Crippen LogP contribution >= 0.6 is 0 Å². The largest absolute Gasteiger partial charge is 0.363 e. The zero-order valence-electron chi connectivity index (χ0n) is 9.51. The number of nitrogens with zero attached hydrogens (tertiary/aromatic N) is 2. The summed E-state index contributed by atoms with van der Waals surface area (Å²) in [5, 5.41) is 3.33. The van der Waals surface area contributed by atoms with Crippen molar-refractivity contribution in [1.82, 2.24) is 4.98 Å². The SMILES string of the molecule is CN(C)c1cc(Nc2ccccc2)ccn1.